The molecular formula is C9H19NO2W4-2. The zero-order valence-electron chi connectivity index (χ0n) is 9.95. The topological polar surface area (TPSA) is 43.6 Å². The molecule has 1 fully saturated rings. The van der Waals surface area contributed by atoms with Crippen LogP contribution in [0.1, 0.15) is 20.3 Å². The maximum Gasteiger partial charge on any atom is 0.0795 e. The molecule has 16 heavy (non-hydrogen) atoms. The van der Waals surface area contributed by atoms with Crippen molar-refractivity contribution in [2.75, 3.05) is 7.05 Å². The summed E-state index contributed by atoms with van der Waals surface area (Å²) < 4.78 is 5.42. The Balaban J connectivity index is -0.0000000807. The van der Waals surface area contributed by atoms with E-state index in [0.717, 1.165) is 6.42 Å². The summed E-state index contributed by atoms with van der Waals surface area (Å²) in [7, 11) is 1.75. The Hall–Kier alpha value is 2.63. The van der Waals surface area contributed by atoms with Crippen molar-refractivity contribution in [1.82, 2.24) is 0 Å². The van der Waals surface area contributed by atoms with Gasteiger partial charge in [-0.2, -0.15) is 7.05 Å². The quantitative estimate of drug-likeness (QED) is 0.405. The molecule has 0 saturated carbocycles. The van der Waals surface area contributed by atoms with Crippen molar-refractivity contribution in [1.29, 1.82) is 0 Å². The Morgan fingerprint density at radius 3 is 1.94 bits per heavy atom. The molecular weight excluding hydrogens is 889 g/mol. The fraction of sp³-hybridized carbons (Fsp3) is 0.889. The van der Waals surface area contributed by atoms with Gasteiger partial charge in [-0.15, -0.1) is 6.04 Å². The average Bonchev–Trinajstić information content (AvgIpc) is 1.96. The first-order valence-corrected chi connectivity index (χ1v) is 4.07. The summed E-state index contributed by atoms with van der Waals surface area (Å²) in [5, 5.41) is 13.6. The molecule has 0 radical (unpaired) electrons. The number of rotatable bonds is 1. The van der Waals surface area contributed by atoms with Gasteiger partial charge in [-0.25, -0.2) is 0 Å². The van der Waals surface area contributed by atoms with E-state index in [1.165, 1.54) is 0 Å². The van der Waals surface area contributed by atoms with Gasteiger partial charge in [0.05, 0.1) is 18.3 Å². The van der Waals surface area contributed by atoms with Gasteiger partial charge in [0.1, 0.15) is 0 Å². The number of ether oxygens (including phenoxy) is 1. The van der Waals surface area contributed by atoms with Crippen LogP contribution in [0.3, 0.4) is 0 Å². The first-order chi connectivity index (χ1) is 5.15. The fourth-order valence-electron chi connectivity index (χ4n) is 1.55. The zero-order chi connectivity index (χ0) is 8.43. The Bertz CT molecular complexity index is 143. The van der Waals surface area contributed by atoms with Gasteiger partial charge in [-0.1, -0.05) is 0 Å². The molecule has 0 bridgehead atoms. The van der Waals surface area contributed by atoms with Crippen LogP contribution in [0, 0.1) is 7.43 Å². The van der Waals surface area contributed by atoms with Crippen molar-refractivity contribution in [3.8, 4) is 0 Å². The molecule has 0 aromatic rings. The molecule has 1 N–H and O–H groups in total. The van der Waals surface area contributed by atoms with Crippen LogP contribution in [0.4, 0.5) is 0 Å². The minimum atomic E-state index is -0.420. The van der Waals surface area contributed by atoms with Gasteiger partial charge in [0, 0.05) is 84.3 Å². The molecule has 4 atom stereocenters. The summed E-state index contributed by atoms with van der Waals surface area (Å²) >= 11 is 0. The molecule has 1 heterocycles. The maximum atomic E-state index is 9.54. The number of aliphatic hydroxyl groups is 1. The van der Waals surface area contributed by atoms with Crippen molar-refractivity contribution in [2.45, 2.75) is 44.6 Å². The second kappa shape index (κ2) is 15.7. The van der Waals surface area contributed by atoms with Gasteiger partial charge in [0.15, 0.2) is 0 Å². The van der Waals surface area contributed by atoms with Gasteiger partial charge < -0.3 is 22.6 Å². The molecule has 0 aromatic heterocycles. The van der Waals surface area contributed by atoms with Gasteiger partial charge in [0.25, 0.3) is 0 Å². The van der Waals surface area contributed by atoms with Crippen molar-refractivity contribution in [2.24, 2.45) is 0 Å². The summed E-state index contributed by atoms with van der Waals surface area (Å²) in [6.07, 6.45) is 0.563. The van der Waals surface area contributed by atoms with Gasteiger partial charge in [-0.3, -0.25) is 0 Å². The van der Waals surface area contributed by atoms with E-state index in [1.807, 2.05) is 13.8 Å². The number of aliphatic hydroxyl groups excluding tert-OH is 1. The van der Waals surface area contributed by atoms with E-state index in [1.54, 1.807) is 7.05 Å². The molecule has 7 heteroatoms. The molecule has 3 nitrogen and oxygen atoms in total. The Morgan fingerprint density at radius 1 is 1.12 bits per heavy atom. The molecule has 0 aromatic carbocycles. The van der Waals surface area contributed by atoms with Crippen LogP contribution >= 0.6 is 0 Å². The van der Waals surface area contributed by atoms with Crippen molar-refractivity contribution in [3.63, 3.8) is 0 Å². The summed E-state index contributed by atoms with van der Waals surface area (Å²) in [5.74, 6) is 0. The third kappa shape index (κ3) is 9.55. The van der Waals surface area contributed by atoms with Crippen LogP contribution in [0.5, 0.6) is 0 Å². The molecule has 1 rings (SSSR count). The second-order valence-corrected chi connectivity index (χ2v) is 3.20. The monoisotopic (exact) mass is 909 g/mol. The van der Waals surface area contributed by atoms with E-state index in [-0.39, 0.29) is 110 Å². The third-order valence-electron chi connectivity index (χ3n) is 2.23. The Kier molecular flexibility index (Phi) is 30.6. The van der Waals surface area contributed by atoms with Crippen LogP contribution in [0.25, 0.3) is 5.32 Å². The molecule has 0 amide bonds. The van der Waals surface area contributed by atoms with Crippen molar-refractivity contribution < 1.29 is 94.1 Å². The smallest absolute Gasteiger partial charge is 0.0795 e. The zero-order valence-corrected chi connectivity index (χ0v) is 21.7. The molecule has 98 valence electrons. The predicted octanol–water partition coefficient (Wildman–Crippen LogP) is 1.36. The fourth-order valence-corrected chi connectivity index (χ4v) is 1.55. The van der Waals surface area contributed by atoms with Crippen LogP contribution in [-0.4, -0.2) is 36.5 Å². The van der Waals surface area contributed by atoms with E-state index < -0.39 is 6.10 Å². The summed E-state index contributed by atoms with van der Waals surface area (Å²) in [6, 6.07) is 0.0637. The Labute approximate surface area is 157 Å². The molecule has 0 spiro atoms. The summed E-state index contributed by atoms with van der Waals surface area (Å²) in [6.45, 7) is 3.90. The first-order valence-electron chi connectivity index (χ1n) is 4.07. The third-order valence-corrected chi connectivity index (χ3v) is 2.23. The van der Waals surface area contributed by atoms with Gasteiger partial charge in [0.2, 0.25) is 0 Å². The standard InChI is InChI=1S/C8H16NO2.CH3.4W/c1-5-4-7(9-3)8(10)6(2)11-5;;;;;/h5-8,10H,4H2,1-3H3;1H3;;;;/q2*-1;;;;. The average molecular weight is 909 g/mol. The summed E-state index contributed by atoms with van der Waals surface area (Å²) in [4.78, 5) is 0. The normalized spacial score (nSPS) is 31.5. The van der Waals surface area contributed by atoms with Crippen molar-refractivity contribution in [3.05, 3.63) is 12.7 Å². The second-order valence-electron chi connectivity index (χ2n) is 3.20. The van der Waals surface area contributed by atoms with E-state index in [0.29, 0.717) is 0 Å². The number of likely N-dealkylation sites (N-methyl/N-ethyl adjacent to an activating group) is 1. The van der Waals surface area contributed by atoms with E-state index in [4.69, 9.17) is 4.74 Å². The predicted molar refractivity (Wildman–Crippen MR) is 50.1 cm³/mol. The Morgan fingerprint density at radius 2 is 1.56 bits per heavy atom. The SMILES string of the molecule is C[N-]C1CC(C)OC(C)C1O.[CH3-].[W].[W].[W].[W]. The minimum Gasteiger partial charge on any atom is -0.660 e. The largest absolute Gasteiger partial charge is 0.660 e. The number of hydrogen-bond donors (Lipinski definition) is 1. The van der Waals surface area contributed by atoms with Crippen molar-refractivity contribution >= 4 is 0 Å². The minimum absolute atomic E-state index is 0. The van der Waals surface area contributed by atoms with Crippen LogP contribution in [0.2, 0.25) is 0 Å². The maximum absolute atomic E-state index is 9.54. The van der Waals surface area contributed by atoms with E-state index >= 15 is 0 Å². The number of nitrogens with zero attached hydrogens (tertiary/aromatic N) is 1. The molecule has 1 aliphatic heterocycles. The van der Waals surface area contributed by atoms with E-state index in [2.05, 4.69) is 5.32 Å². The van der Waals surface area contributed by atoms with Gasteiger partial charge in [-0.05, 0) is 20.3 Å². The number of hydrogen-bond acceptors (Lipinski definition) is 2. The van der Waals surface area contributed by atoms with Crippen LogP contribution < -0.4 is 0 Å². The van der Waals surface area contributed by atoms with Crippen LogP contribution in [-0.2, 0) is 89.0 Å². The molecule has 0 aliphatic carbocycles. The van der Waals surface area contributed by atoms with Gasteiger partial charge >= 0.3 is 0 Å². The first kappa shape index (κ1) is 31.2. The molecule has 1 aliphatic rings. The van der Waals surface area contributed by atoms with Crippen LogP contribution in [0.15, 0.2) is 0 Å². The van der Waals surface area contributed by atoms with E-state index in [9.17, 15) is 5.11 Å². The summed E-state index contributed by atoms with van der Waals surface area (Å²) in [5.41, 5.74) is 0. The molecule has 4 unspecified atom stereocenters. The molecule has 1 saturated heterocycles.